The van der Waals surface area contributed by atoms with Crippen LogP contribution in [-0.2, 0) is 0 Å². The molecule has 0 spiro atoms. The topological polar surface area (TPSA) is 39.7 Å². The Hall–Kier alpha value is -0.0400. The summed E-state index contributed by atoms with van der Waals surface area (Å²) in [5, 5.41) is 6.76. The first-order valence-corrected chi connectivity index (χ1v) is 7.46. The van der Waals surface area contributed by atoms with Crippen LogP contribution in [0, 0.1) is 5.92 Å². The van der Waals surface area contributed by atoms with Crippen molar-refractivity contribution in [2.45, 2.75) is 46.6 Å². The van der Waals surface area contributed by atoms with Gasteiger partial charge in [-0.3, -0.25) is 4.99 Å². The van der Waals surface area contributed by atoms with Gasteiger partial charge >= 0.3 is 0 Å². The van der Waals surface area contributed by atoms with Crippen LogP contribution in [0.25, 0.3) is 0 Å². The highest BCUT2D eigenvalue weighted by Crippen LogP contribution is 2.15. The van der Waals surface area contributed by atoms with Crippen molar-refractivity contribution in [2.75, 3.05) is 32.7 Å². The summed E-state index contributed by atoms with van der Waals surface area (Å²) < 4.78 is 0. The molecule has 0 aromatic rings. The number of hydrogen-bond donors (Lipinski definition) is 2. The fourth-order valence-electron chi connectivity index (χ4n) is 2.22. The van der Waals surface area contributed by atoms with Crippen LogP contribution in [0.1, 0.15) is 40.5 Å². The lowest BCUT2D eigenvalue weighted by atomic mass is 10.1. The Bertz CT molecular complexity index is 258. The van der Waals surface area contributed by atoms with Crippen LogP contribution in [0.15, 0.2) is 4.99 Å². The van der Waals surface area contributed by atoms with Gasteiger partial charge in [-0.05, 0) is 45.7 Å². The molecule has 2 unspecified atom stereocenters. The maximum absolute atomic E-state index is 4.72. The first-order chi connectivity index (χ1) is 8.69. The first kappa shape index (κ1) is 19.0. The van der Waals surface area contributed by atoms with Gasteiger partial charge in [0.2, 0.25) is 0 Å². The number of halogens is 1. The Labute approximate surface area is 135 Å². The van der Waals surface area contributed by atoms with E-state index in [0.717, 1.165) is 31.4 Å². The number of nitrogens with zero attached hydrogens (tertiary/aromatic N) is 2. The smallest absolute Gasteiger partial charge is 0.191 e. The van der Waals surface area contributed by atoms with Gasteiger partial charge in [-0.2, -0.15) is 0 Å². The van der Waals surface area contributed by atoms with E-state index in [0.29, 0.717) is 6.04 Å². The second-order valence-corrected chi connectivity index (χ2v) is 5.22. The van der Waals surface area contributed by atoms with Gasteiger partial charge in [-0.25, -0.2) is 0 Å². The molecule has 4 nitrogen and oxygen atoms in total. The Balaban J connectivity index is 0.00000324. The Morgan fingerprint density at radius 2 is 2.11 bits per heavy atom. The summed E-state index contributed by atoms with van der Waals surface area (Å²) >= 11 is 0. The lowest BCUT2D eigenvalue weighted by Crippen LogP contribution is -2.42. The summed E-state index contributed by atoms with van der Waals surface area (Å²) in [4.78, 5) is 7.23. The molecule has 1 rings (SSSR count). The van der Waals surface area contributed by atoms with Gasteiger partial charge in [-0.1, -0.05) is 13.8 Å². The molecule has 1 aliphatic rings. The number of aliphatic imine (C=N–C) groups is 1. The average Bonchev–Trinajstić information content (AvgIpc) is 2.84. The molecule has 2 atom stereocenters. The van der Waals surface area contributed by atoms with E-state index in [9.17, 15) is 0 Å². The number of rotatable bonds is 6. The monoisotopic (exact) mass is 382 g/mol. The number of hydrogen-bond acceptors (Lipinski definition) is 2. The van der Waals surface area contributed by atoms with Gasteiger partial charge in [0.1, 0.15) is 0 Å². The summed E-state index contributed by atoms with van der Waals surface area (Å²) in [5.74, 6) is 1.71. The molecule has 114 valence electrons. The fraction of sp³-hybridized carbons (Fsp3) is 0.929. The Kier molecular flexibility index (Phi) is 10.7. The molecule has 19 heavy (non-hydrogen) atoms. The molecule has 1 aliphatic heterocycles. The van der Waals surface area contributed by atoms with E-state index < -0.39 is 0 Å². The summed E-state index contributed by atoms with van der Waals surface area (Å²) in [6, 6.07) is 0.485. The van der Waals surface area contributed by atoms with Crippen molar-refractivity contribution in [3.63, 3.8) is 0 Å². The van der Waals surface area contributed by atoms with Crippen molar-refractivity contribution in [2.24, 2.45) is 10.9 Å². The van der Waals surface area contributed by atoms with Gasteiger partial charge in [0.05, 0.1) is 0 Å². The molecule has 1 fully saturated rings. The van der Waals surface area contributed by atoms with Crippen LogP contribution in [0.2, 0.25) is 0 Å². The van der Waals surface area contributed by atoms with Crippen LogP contribution in [0.5, 0.6) is 0 Å². The summed E-state index contributed by atoms with van der Waals surface area (Å²) in [5.41, 5.74) is 0. The SMILES string of the molecule is CCNC(=NCC1CCN(CC)C1)NC(C)CC.I. The van der Waals surface area contributed by atoms with Crippen molar-refractivity contribution in [3.05, 3.63) is 0 Å². The summed E-state index contributed by atoms with van der Waals surface area (Å²) in [6.45, 7) is 14.2. The van der Waals surface area contributed by atoms with Crippen molar-refractivity contribution >= 4 is 29.9 Å². The van der Waals surface area contributed by atoms with E-state index in [2.05, 4.69) is 43.2 Å². The van der Waals surface area contributed by atoms with Gasteiger partial charge < -0.3 is 15.5 Å². The minimum absolute atomic E-state index is 0. The van der Waals surface area contributed by atoms with Gasteiger partial charge in [0.25, 0.3) is 0 Å². The third-order valence-electron chi connectivity index (χ3n) is 3.66. The Morgan fingerprint density at radius 3 is 2.63 bits per heavy atom. The minimum Gasteiger partial charge on any atom is -0.357 e. The van der Waals surface area contributed by atoms with Crippen LogP contribution >= 0.6 is 24.0 Å². The molecule has 1 heterocycles. The number of nitrogens with one attached hydrogen (secondary N) is 2. The van der Waals surface area contributed by atoms with Gasteiger partial charge in [0, 0.05) is 25.7 Å². The molecule has 5 heteroatoms. The molecule has 0 bridgehead atoms. The van der Waals surface area contributed by atoms with E-state index in [1.165, 1.54) is 26.1 Å². The Morgan fingerprint density at radius 1 is 1.37 bits per heavy atom. The molecule has 0 aromatic carbocycles. The first-order valence-electron chi connectivity index (χ1n) is 7.46. The highest BCUT2D eigenvalue weighted by molar-refractivity contribution is 14.0. The van der Waals surface area contributed by atoms with Crippen LogP contribution < -0.4 is 10.6 Å². The van der Waals surface area contributed by atoms with E-state index in [-0.39, 0.29) is 24.0 Å². The molecule has 0 amide bonds. The quantitative estimate of drug-likeness (QED) is 0.421. The maximum atomic E-state index is 4.72. The molecular formula is C14H31IN4. The molecule has 0 radical (unpaired) electrons. The zero-order valence-corrected chi connectivity index (χ0v) is 15.2. The second kappa shape index (κ2) is 10.7. The fourth-order valence-corrected chi connectivity index (χ4v) is 2.22. The molecule has 0 saturated carbocycles. The lowest BCUT2D eigenvalue weighted by Gasteiger charge is -2.17. The standard InChI is InChI=1S/C14H30N4.HI/c1-5-12(4)17-14(15-6-2)16-10-13-8-9-18(7-3)11-13;/h12-13H,5-11H2,1-4H3,(H2,15,16,17);1H. The van der Waals surface area contributed by atoms with Crippen molar-refractivity contribution < 1.29 is 0 Å². The molecule has 1 saturated heterocycles. The number of guanidine groups is 1. The highest BCUT2D eigenvalue weighted by atomic mass is 127. The predicted molar refractivity (Wildman–Crippen MR) is 94.5 cm³/mol. The van der Waals surface area contributed by atoms with E-state index in [1.54, 1.807) is 0 Å². The van der Waals surface area contributed by atoms with E-state index >= 15 is 0 Å². The summed E-state index contributed by atoms with van der Waals surface area (Å²) in [7, 11) is 0. The molecule has 0 aromatic heterocycles. The summed E-state index contributed by atoms with van der Waals surface area (Å²) in [6.07, 6.45) is 2.41. The van der Waals surface area contributed by atoms with Crippen LogP contribution in [0.3, 0.4) is 0 Å². The molecule has 2 N–H and O–H groups in total. The van der Waals surface area contributed by atoms with Gasteiger partial charge in [0.15, 0.2) is 5.96 Å². The minimum atomic E-state index is 0. The van der Waals surface area contributed by atoms with Crippen LogP contribution in [0.4, 0.5) is 0 Å². The second-order valence-electron chi connectivity index (χ2n) is 5.22. The largest absolute Gasteiger partial charge is 0.357 e. The average molecular weight is 382 g/mol. The van der Waals surface area contributed by atoms with Crippen molar-refractivity contribution in [3.8, 4) is 0 Å². The zero-order chi connectivity index (χ0) is 13.4. The van der Waals surface area contributed by atoms with Gasteiger partial charge in [-0.15, -0.1) is 24.0 Å². The van der Waals surface area contributed by atoms with Crippen molar-refractivity contribution in [1.82, 2.24) is 15.5 Å². The lowest BCUT2D eigenvalue weighted by molar-refractivity contribution is 0.343. The zero-order valence-electron chi connectivity index (χ0n) is 12.9. The number of likely N-dealkylation sites (tertiary alicyclic amines) is 1. The van der Waals surface area contributed by atoms with Crippen molar-refractivity contribution in [1.29, 1.82) is 0 Å². The van der Waals surface area contributed by atoms with E-state index in [4.69, 9.17) is 4.99 Å². The van der Waals surface area contributed by atoms with Crippen LogP contribution in [-0.4, -0.2) is 49.6 Å². The third kappa shape index (κ3) is 7.34. The highest BCUT2D eigenvalue weighted by Gasteiger charge is 2.20. The predicted octanol–water partition coefficient (Wildman–Crippen LogP) is 2.30. The third-order valence-corrected chi connectivity index (χ3v) is 3.66. The van der Waals surface area contributed by atoms with E-state index in [1.807, 2.05) is 0 Å². The maximum Gasteiger partial charge on any atom is 0.191 e. The molecular weight excluding hydrogens is 351 g/mol. The normalized spacial score (nSPS) is 21.9. The molecule has 0 aliphatic carbocycles.